The van der Waals surface area contributed by atoms with E-state index in [0.29, 0.717) is 34.3 Å². The van der Waals surface area contributed by atoms with Gasteiger partial charge in [0.2, 0.25) is 18.6 Å². The van der Waals surface area contributed by atoms with E-state index in [0.717, 1.165) is 35.2 Å². The van der Waals surface area contributed by atoms with Crippen molar-refractivity contribution < 1.29 is 23.8 Å². The first kappa shape index (κ1) is 22.8. The number of nitrogens with one attached hydrogen (secondary N) is 1. The maximum Gasteiger partial charge on any atom is 0.309 e. The highest BCUT2D eigenvalue weighted by molar-refractivity contribution is 5.95. The van der Waals surface area contributed by atoms with Gasteiger partial charge >= 0.3 is 5.97 Å². The molecule has 37 heavy (non-hydrogen) atoms. The van der Waals surface area contributed by atoms with Gasteiger partial charge in [-0.3, -0.25) is 9.59 Å². The third-order valence-corrected chi connectivity index (χ3v) is 6.40. The minimum absolute atomic E-state index is 0.0431. The van der Waals surface area contributed by atoms with E-state index < -0.39 is 5.97 Å². The van der Waals surface area contributed by atoms with Crippen LogP contribution in [-0.2, 0) is 9.59 Å². The summed E-state index contributed by atoms with van der Waals surface area (Å²) >= 11 is 0. The highest BCUT2D eigenvalue weighted by Gasteiger charge is 2.30. The van der Waals surface area contributed by atoms with Crippen LogP contribution in [0, 0.1) is 12.8 Å². The summed E-state index contributed by atoms with van der Waals surface area (Å²) in [5.41, 5.74) is 5.40. The lowest BCUT2D eigenvalue weighted by atomic mass is 10.0. The van der Waals surface area contributed by atoms with Crippen molar-refractivity contribution in [3.8, 4) is 45.5 Å². The first-order valence-corrected chi connectivity index (χ1v) is 12.2. The van der Waals surface area contributed by atoms with Gasteiger partial charge in [-0.1, -0.05) is 29.8 Å². The van der Waals surface area contributed by atoms with Gasteiger partial charge in [0, 0.05) is 24.1 Å². The smallest absolute Gasteiger partial charge is 0.309 e. The van der Waals surface area contributed by atoms with Gasteiger partial charge in [-0.25, -0.2) is 0 Å². The van der Waals surface area contributed by atoms with Crippen LogP contribution in [0.15, 0.2) is 66.7 Å². The molecule has 0 saturated heterocycles. The van der Waals surface area contributed by atoms with Gasteiger partial charge in [0.15, 0.2) is 11.5 Å². The third-order valence-electron chi connectivity index (χ3n) is 6.40. The number of hydrogen-bond donors (Lipinski definition) is 1. The SMILES string of the molecule is CC(=O)Oc1c(-c2ccc(NC(=O)C3CC3)cc2)c(-c2ccc3c(c2)OCO3)nn1-c1ccc(C)cc1. The molecule has 3 aromatic carbocycles. The first-order chi connectivity index (χ1) is 18.0. The van der Waals surface area contributed by atoms with Gasteiger partial charge in [-0.15, -0.1) is 0 Å². The van der Waals surface area contributed by atoms with E-state index in [2.05, 4.69) is 5.32 Å². The Balaban J connectivity index is 1.50. The maximum absolute atomic E-state index is 12.2. The number of anilines is 1. The lowest BCUT2D eigenvalue weighted by Gasteiger charge is -2.11. The van der Waals surface area contributed by atoms with Gasteiger partial charge in [-0.2, -0.15) is 9.78 Å². The molecule has 1 N–H and O–H groups in total. The number of aryl methyl sites for hydroxylation is 1. The fraction of sp³-hybridized carbons (Fsp3) is 0.207. The zero-order chi connectivity index (χ0) is 25.5. The highest BCUT2D eigenvalue weighted by atomic mass is 16.7. The van der Waals surface area contributed by atoms with Crippen LogP contribution in [0.5, 0.6) is 17.4 Å². The zero-order valence-corrected chi connectivity index (χ0v) is 20.5. The predicted molar refractivity (Wildman–Crippen MR) is 138 cm³/mol. The first-order valence-electron chi connectivity index (χ1n) is 12.2. The molecule has 2 heterocycles. The molecule has 1 saturated carbocycles. The molecule has 186 valence electrons. The number of nitrogens with zero attached hydrogens (tertiary/aromatic N) is 2. The molecule has 0 spiro atoms. The Bertz CT molecular complexity index is 1500. The molecule has 1 aromatic heterocycles. The molecule has 8 heteroatoms. The normalized spacial score (nSPS) is 13.9. The van der Waals surface area contributed by atoms with E-state index in [1.165, 1.54) is 6.92 Å². The quantitative estimate of drug-likeness (QED) is 0.354. The van der Waals surface area contributed by atoms with Gasteiger partial charge in [-0.05, 0) is 67.8 Å². The molecular weight excluding hydrogens is 470 g/mol. The molecule has 0 unspecified atom stereocenters. The van der Waals surface area contributed by atoms with Crippen LogP contribution < -0.4 is 19.5 Å². The van der Waals surface area contributed by atoms with E-state index >= 15 is 0 Å². The number of amides is 1. The van der Waals surface area contributed by atoms with Crippen molar-refractivity contribution in [1.82, 2.24) is 9.78 Å². The van der Waals surface area contributed by atoms with Gasteiger partial charge in [0.05, 0.1) is 11.3 Å². The summed E-state index contributed by atoms with van der Waals surface area (Å²) < 4.78 is 18.5. The molecule has 0 bridgehead atoms. The topological polar surface area (TPSA) is 91.7 Å². The second-order valence-corrected chi connectivity index (χ2v) is 9.28. The van der Waals surface area contributed by atoms with Gasteiger partial charge in [0.1, 0.15) is 5.69 Å². The van der Waals surface area contributed by atoms with E-state index in [1.807, 2.05) is 73.7 Å². The van der Waals surface area contributed by atoms with E-state index in [9.17, 15) is 9.59 Å². The minimum atomic E-state index is -0.458. The van der Waals surface area contributed by atoms with Crippen molar-refractivity contribution in [1.29, 1.82) is 0 Å². The van der Waals surface area contributed by atoms with E-state index in [1.54, 1.807) is 4.68 Å². The number of benzene rings is 3. The van der Waals surface area contributed by atoms with E-state index in [-0.39, 0.29) is 18.6 Å². The van der Waals surface area contributed by atoms with Crippen molar-refractivity contribution in [3.63, 3.8) is 0 Å². The Labute approximate surface area is 213 Å². The molecule has 1 aliphatic heterocycles. The van der Waals surface area contributed by atoms with Crippen molar-refractivity contribution in [3.05, 3.63) is 72.3 Å². The van der Waals surface area contributed by atoms with Crippen molar-refractivity contribution >= 4 is 17.6 Å². The van der Waals surface area contributed by atoms with Crippen LogP contribution in [0.4, 0.5) is 5.69 Å². The summed E-state index contributed by atoms with van der Waals surface area (Å²) in [4.78, 5) is 24.4. The Morgan fingerprint density at radius 3 is 2.35 bits per heavy atom. The van der Waals surface area contributed by atoms with E-state index in [4.69, 9.17) is 19.3 Å². The number of fused-ring (bicyclic) bond motifs is 1. The Morgan fingerprint density at radius 1 is 0.946 bits per heavy atom. The van der Waals surface area contributed by atoms with Gasteiger partial charge < -0.3 is 19.5 Å². The minimum Gasteiger partial charge on any atom is -0.454 e. The molecule has 1 aliphatic carbocycles. The molecule has 8 nitrogen and oxygen atoms in total. The Hall–Kier alpha value is -4.59. The predicted octanol–water partition coefficient (Wildman–Crippen LogP) is 5.52. The average molecular weight is 496 g/mol. The van der Waals surface area contributed by atoms with Crippen LogP contribution in [0.3, 0.4) is 0 Å². The molecule has 0 atom stereocenters. The molecule has 0 radical (unpaired) electrons. The molecule has 1 fully saturated rings. The standard InChI is InChI=1S/C29H25N3O5/c1-17-3-12-23(13-4-17)32-29(37-18(2)33)26(19-7-10-22(11-8-19)30-28(34)20-5-6-20)27(31-32)21-9-14-24-25(15-21)36-16-35-24/h3-4,7-15,20H,5-6,16H2,1-2H3,(H,30,34). The second-order valence-electron chi connectivity index (χ2n) is 9.28. The summed E-state index contributed by atoms with van der Waals surface area (Å²) in [5.74, 6) is 1.29. The lowest BCUT2D eigenvalue weighted by Crippen LogP contribution is -2.13. The summed E-state index contributed by atoms with van der Waals surface area (Å²) in [7, 11) is 0. The van der Waals surface area contributed by atoms with Crippen LogP contribution in [0.1, 0.15) is 25.3 Å². The number of hydrogen-bond acceptors (Lipinski definition) is 6. The zero-order valence-electron chi connectivity index (χ0n) is 20.5. The van der Waals surface area contributed by atoms with Crippen LogP contribution in [-0.4, -0.2) is 28.4 Å². The summed E-state index contributed by atoms with van der Waals surface area (Å²) in [6, 6.07) is 20.9. The van der Waals surface area contributed by atoms with Crippen LogP contribution in [0.2, 0.25) is 0 Å². The summed E-state index contributed by atoms with van der Waals surface area (Å²) in [6.45, 7) is 3.54. The number of carbonyl (C=O) groups is 2. The Kier molecular flexibility index (Phi) is 5.64. The molecular formula is C29H25N3O5. The summed E-state index contributed by atoms with van der Waals surface area (Å²) in [5, 5.41) is 7.88. The largest absolute Gasteiger partial charge is 0.454 e. The highest BCUT2D eigenvalue weighted by Crippen LogP contribution is 2.44. The maximum atomic E-state index is 12.2. The van der Waals surface area contributed by atoms with Crippen LogP contribution >= 0.6 is 0 Å². The second kappa shape index (κ2) is 9.13. The van der Waals surface area contributed by atoms with Crippen molar-refractivity contribution in [2.24, 2.45) is 5.92 Å². The molecule has 2 aliphatic rings. The number of carbonyl (C=O) groups excluding carboxylic acids is 2. The number of rotatable bonds is 6. The summed E-state index contributed by atoms with van der Waals surface area (Å²) in [6.07, 6.45) is 1.87. The third kappa shape index (κ3) is 4.53. The number of esters is 1. The van der Waals surface area contributed by atoms with Crippen LogP contribution in [0.25, 0.3) is 28.1 Å². The number of aromatic nitrogens is 2. The molecule has 6 rings (SSSR count). The monoisotopic (exact) mass is 495 g/mol. The Morgan fingerprint density at radius 2 is 1.65 bits per heavy atom. The fourth-order valence-corrected chi connectivity index (χ4v) is 4.31. The van der Waals surface area contributed by atoms with Crippen molar-refractivity contribution in [2.45, 2.75) is 26.7 Å². The fourth-order valence-electron chi connectivity index (χ4n) is 4.31. The average Bonchev–Trinajstić information content (AvgIpc) is 3.54. The number of ether oxygens (including phenoxy) is 3. The van der Waals surface area contributed by atoms with Crippen molar-refractivity contribution in [2.75, 3.05) is 12.1 Å². The molecule has 1 amide bonds. The molecule has 4 aromatic rings. The van der Waals surface area contributed by atoms with Gasteiger partial charge in [0.25, 0.3) is 0 Å². The lowest BCUT2D eigenvalue weighted by molar-refractivity contribution is -0.132.